The SMILES string of the molecule is COCCOc1cccc([C@H]2OCC[C@@]34C[C@@H](C[C@H]23)C(C)(C)[C@H]4NC(C)=O)c1. The summed E-state index contributed by atoms with van der Waals surface area (Å²) in [6.07, 6.45) is 3.46. The molecule has 28 heavy (non-hydrogen) atoms. The minimum Gasteiger partial charge on any atom is -0.491 e. The maximum atomic E-state index is 12.0. The fourth-order valence-corrected chi connectivity index (χ4v) is 6.34. The van der Waals surface area contributed by atoms with Gasteiger partial charge in [0.15, 0.2) is 0 Å². The minimum atomic E-state index is 0.0667. The van der Waals surface area contributed by atoms with Crippen molar-refractivity contribution in [2.24, 2.45) is 22.7 Å². The van der Waals surface area contributed by atoms with Gasteiger partial charge in [0, 0.05) is 26.7 Å². The van der Waals surface area contributed by atoms with Gasteiger partial charge in [-0.15, -0.1) is 0 Å². The third-order valence-corrected chi connectivity index (χ3v) is 7.60. The lowest BCUT2D eigenvalue weighted by molar-refractivity contribution is -0.136. The van der Waals surface area contributed by atoms with E-state index >= 15 is 0 Å². The number of nitrogens with one attached hydrogen (secondary N) is 1. The topological polar surface area (TPSA) is 56.8 Å². The second kappa shape index (κ2) is 7.34. The lowest BCUT2D eigenvalue weighted by Gasteiger charge is -2.53. The number of rotatable bonds is 6. The van der Waals surface area contributed by atoms with Gasteiger partial charge in [0.05, 0.1) is 12.7 Å². The van der Waals surface area contributed by atoms with Gasteiger partial charge in [0.1, 0.15) is 12.4 Å². The highest BCUT2D eigenvalue weighted by Gasteiger charge is 2.68. The molecule has 1 aromatic rings. The van der Waals surface area contributed by atoms with Crippen LogP contribution in [0.15, 0.2) is 24.3 Å². The molecule has 0 radical (unpaired) electrons. The summed E-state index contributed by atoms with van der Waals surface area (Å²) in [5.41, 5.74) is 1.45. The number of amides is 1. The van der Waals surface area contributed by atoms with Crippen molar-refractivity contribution in [3.63, 3.8) is 0 Å². The van der Waals surface area contributed by atoms with Crippen molar-refractivity contribution in [3.05, 3.63) is 29.8 Å². The van der Waals surface area contributed by atoms with Crippen LogP contribution >= 0.6 is 0 Å². The Kier molecular flexibility index (Phi) is 5.17. The van der Waals surface area contributed by atoms with E-state index in [1.165, 1.54) is 18.4 Å². The van der Waals surface area contributed by atoms with Crippen LogP contribution in [0.4, 0.5) is 0 Å². The molecule has 1 spiro atoms. The van der Waals surface area contributed by atoms with Crippen molar-refractivity contribution in [2.75, 3.05) is 26.9 Å². The fraction of sp³-hybridized carbons (Fsp3) is 0.696. The van der Waals surface area contributed by atoms with Crippen LogP contribution in [0.1, 0.15) is 51.7 Å². The van der Waals surface area contributed by atoms with E-state index in [1.807, 2.05) is 12.1 Å². The van der Waals surface area contributed by atoms with E-state index in [4.69, 9.17) is 14.2 Å². The summed E-state index contributed by atoms with van der Waals surface area (Å²) in [5.74, 6) is 2.00. The predicted octanol–water partition coefficient (Wildman–Crippen LogP) is 3.73. The monoisotopic (exact) mass is 387 g/mol. The van der Waals surface area contributed by atoms with E-state index in [-0.39, 0.29) is 28.9 Å². The number of methoxy groups -OCH3 is 1. The molecular formula is C23H33NO4. The zero-order valence-corrected chi connectivity index (χ0v) is 17.5. The maximum absolute atomic E-state index is 12.0. The first-order valence-corrected chi connectivity index (χ1v) is 10.5. The minimum absolute atomic E-state index is 0.0667. The normalized spacial score (nSPS) is 35.4. The van der Waals surface area contributed by atoms with Gasteiger partial charge in [-0.05, 0) is 59.6 Å². The summed E-state index contributed by atoms with van der Waals surface area (Å²) >= 11 is 0. The number of hydrogen-bond acceptors (Lipinski definition) is 4. The first kappa shape index (κ1) is 19.7. The van der Waals surface area contributed by atoms with E-state index in [0.717, 1.165) is 18.8 Å². The smallest absolute Gasteiger partial charge is 0.217 e. The molecule has 1 amide bonds. The fourth-order valence-electron chi connectivity index (χ4n) is 6.34. The molecule has 1 aliphatic heterocycles. The Morgan fingerprint density at radius 2 is 2.14 bits per heavy atom. The van der Waals surface area contributed by atoms with Gasteiger partial charge >= 0.3 is 0 Å². The van der Waals surface area contributed by atoms with Gasteiger partial charge in [-0.1, -0.05) is 26.0 Å². The Morgan fingerprint density at radius 3 is 2.89 bits per heavy atom. The van der Waals surface area contributed by atoms with Crippen molar-refractivity contribution < 1.29 is 19.0 Å². The summed E-state index contributed by atoms with van der Waals surface area (Å²) < 4.78 is 17.2. The molecule has 1 aromatic carbocycles. The van der Waals surface area contributed by atoms with Crippen molar-refractivity contribution in [1.82, 2.24) is 5.32 Å². The van der Waals surface area contributed by atoms with Crippen molar-refractivity contribution in [3.8, 4) is 5.75 Å². The molecule has 1 heterocycles. The van der Waals surface area contributed by atoms with Gasteiger partial charge < -0.3 is 19.5 Å². The highest BCUT2D eigenvalue weighted by Crippen LogP contribution is 2.70. The van der Waals surface area contributed by atoms with E-state index in [0.29, 0.717) is 25.0 Å². The summed E-state index contributed by atoms with van der Waals surface area (Å²) in [5, 5.41) is 3.34. The molecule has 3 fully saturated rings. The summed E-state index contributed by atoms with van der Waals surface area (Å²) in [4.78, 5) is 12.0. The summed E-state index contributed by atoms with van der Waals surface area (Å²) in [6.45, 7) is 8.17. The lowest BCUT2D eigenvalue weighted by Crippen LogP contribution is -2.58. The summed E-state index contributed by atoms with van der Waals surface area (Å²) in [7, 11) is 1.68. The number of carbonyl (C=O) groups excluding carboxylic acids is 1. The van der Waals surface area contributed by atoms with Crippen LogP contribution in [0.2, 0.25) is 0 Å². The number of fused-ring (bicyclic) bond motifs is 1. The maximum Gasteiger partial charge on any atom is 0.217 e. The Hall–Kier alpha value is -1.59. The quantitative estimate of drug-likeness (QED) is 0.756. The molecule has 4 rings (SSSR count). The zero-order valence-electron chi connectivity index (χ0n) is 17.5. The number of hydrogen-bond donors (Lipinski definition) is 1. The van der Waals surface area contributed by atoms with Gasteiger partial charge in [-0.25, -0.2) is 0 Å². The van der Waals surface area contributed by atoms with Crippen molar-refractivity contribution in [1.29, 1.82) is 0 Å². The molecule has 3 aliphatic rings. The molecule has 5 nitrogen and oxygen atoms in total. The molecule has 5 heteroatoms. The Labute approximate surface area is 168 Å². The largest absolute Gasteiger partial charge is 0.491 e. The van der Waals surface area contributed by atoms with Crippen LogP contribution in [0.3, 0.4) is 0 Å². The van der Waals surface area contributed by atoms with Crippen LogP contribution in [-0.4, -0.2) is 38.9 Å². The second-order valence-corrected chi connectivity index (χ2v) is 9.39. The Morgan fingerprint density at radius 1 is 1.32 bits per heavy atom. The van der Waals surface area contributed by atoms with Crippen LogP contribution < -0.4 is 10.1 Å². The lowest BCUT2D eigenvalue weighted by atomic mass is 9.59. The average molecular weight is 388 g/mol. The van der Waals surface area contributed by atoms with Crippen LogP contribution in [-0.2, 0) is 14.3 Å². The molecule has 0 unspecified atom stereocenters. The number of carbonyl (C=O) groups is 1. The first-order chi connectivity index (χ1) is 13.4. The Balaban J connectivity index is 1.60. The van der Waals surface area contributed by atoms with Gasteiger partial charge in [-0.2, -0.15) is 0 Å². The van der Waals surface area contributed by atoms with Gasteiger partial charge in [0.25, 0.3) is 0 Å². The third-order valence-electron chi connectivity index (χ3n) is 7.60. The highest BCUT2D eigenvalue weighted by molar-refractivity contribution is 5.73. The molecule has 2 aliphatic carbocycles. The molecule has 1 N–H and O–H groups in total. The standard InChI is InChI=1S/C23H33NO4/c1-15(25)24-21-22(2,3)17-13-19-20(28-9-8-23(19,21)14-17)16-6-5-7-18(12-16)27-11-10-26-4/h5-7,12,17,19-21H,8-11,13-14H2,1-4H3,(H,24,25)/t17-,19-,20-,21-,23-/m1/s1. The molecule has 154 valence electrons. The van der Waals surface area contributed by atoms with Crippen molar-refractivity contribution >= 4 is 5.91 Å². The van der Waals surface area contributed by atoms with E-state index < -0.39 is 0 Å². The van der Waals surface area contributed by atoms with Crippen LogP contribution in [0, 0.1) is 22.7 Å². The molecular weight excluding hydrogens is 354 g/mol. The van der Waals surface area contributed by atoms with Crippen LogP contribution in [0.25, 0.3) is 0 Å². The molecule has 1 saturated heterocycles. The molecule has 2 saturated carbocycles. The van der Waals surface area contributed by atoms with E-state index in [9.17, 15) is 4.79 Å². The van der Waals surface area contributed by atoms with Crippen molar-refractivity contribution in [2.45, 2.75) is 52.2 Å². The van der Waals surface area contributed by atoms with Gasteiger partial charge in [0.2, 0.25) is 5.91 Å². The summed E-state index contributed by atoms with van der Waals surface area (Å²) in [6, 6.07) is 8.52. The predicted molar refractivity (Wildman–Crippen MR) is 107 cm³/mol. The third kappa shape index (κ3) is 3.13. The Bertz CT molecular complexity index is 733. The molecule has 2 bridgehead atoms. The van der Waals surface area contributed by atoms with Gasteiger partial charge in [-0.3, -0.25) is 4.79 Å². The van der Waals surface area contributed by atoms with Crippen LogP contribution in [0.5, 0.6) is 5.75 Å². The second-order valence-electron chi connectivity index (χ2n) is 9.39. The average Bonchev–Trinajstić information content (AvgIpc) is 3.15. The number of ether oxygens (including phenoxy) is 3. The first-order valence-electron chi connectivity index (χ1n) is 10.5. The van der Waals surface area contributed by atoms with E-state index in [1.54, 1.807) is 14.0 Å². The van der Waals surface area contributed by atoms with E-state index in [2.05, 4.69) is 31.3 Å². The zero-order chi connectivity index (χ0) is 19.9. The molecule has 5 atom stereocenters. The molecule has 0 aromatic heterocycles. The number of benzene rings is 1. The highest BCUT2D eigenvalue weighted by atomic mass is 16.5.